The van der Waals surface area contributed by atoms with E-state index in [0.29, 0.717) is 5.75 Å². The van der Waals surface area contributed by atoms with Gasteiger partial charge in [0.15, 0.2) is 5.16 Å². The van der Waals surface area contributed by atoms with E-state index in [-0.39, 0.29) is 0 Å². The van der Waals surface area contributed by atoms with Crippen molar-refractivity contribution < 1.29 is 0 Å². The molecule has 2 aromatic heterocycles. The number of hydrogen-bond acceptors (Lipinski definition) is 4. The number of rotatable bonds is 5. The van der Waals surface area contributed by atoms with Crippen LogP contribution >= 0.6 is 23.4 Å². The average molecular weight is 382 g/mol. The molecule has 0 aliphatic carbocycles. The summed E-state index contributed by atoms with van der Waals surface area (Å²) >= 11 is 7.83. The molecule has 4 rings (SSSR count). The molecule has 0 atom stereocenters. The van der Waals surface area contributed by atoms with Crippen molar-refractivity contribution in [3.05, 3.63) is 83.4 Å². The van der Waals surface area contributed by atoms with Gasteiger partial charge in [-0.2, -0.15) is 5.10 Å². The van der Waals surface area contributed by atoms with Gasteiger partial charge >= 0.3 is 0 Å². The fourth-order valence-corrected chi connectivity index (χ4v) is 3.54. The standard InChI is InChI=1S/C19H16ClN5S/c1-14-7-8-17(11-18(14)20)24-13-21-22-19(24)26-12-15-9-10-25(23-15)16-5-3-2-4-6-16/h2-11,13H,12H2,1H3. The SMILES string of the molecule is Cc1ccc(-n2cnnc2SCc2ccn(-c3ccccc3)n2)cc1Cl. The first-order valence-corrected chi connectivity index (χ1v) is 9.46. The minimum absolute atomic E-state index is 0.706. The molecule has 0 amide bonds. The van der Waals surface area contributed by atoms with Gasteiger partial charge in [0, 0.05) is 17.0 Å². The predicted molar refractivity (Wildman–Crippen MR) is 104 cm³/mol. The van der Waals surface area contributed by atoms with E-state index in [4.69, 9.17) is 11.6 Å². The number of aryl methyl sites for hydroxylation is 1. The third-order valence-corrected chi connectivity index (χ3v) is 5.35. The number of benzene rings is 2. The lowest BCUT2D eigenvalue weighted by atomic mass is 10.2. The van der Waals surface area contributed by atoms with Crippen LogP contribution in [0, 0.1) is 6.92 Å². The molecule has 2 aromatic carbocycles. The summed E-state index contributed by atoms with van der Waals surface area (Å²) in [6, 6.07) is 18.0. The number of hydrogen-bond donors (Lipinski definition) is 0. The quantitative estimate of drug-likeness (QED) is 0.470. The number of para-hydroxylation sites is 1. The molecule has 26 heavy (non-hydrogen) atoms. The van der Waals surface area contributed by atoms with Crippen LogP contribution in [0.3, 0.4) is 0 Å². The van der Waals surface area contributed by atoms with Crippen LogP contribution in [0.4, 0.5) is 0 Å². The summed E-state index contributed by atoms with van der Waals surface area (Å²) in [5.74, 6) is 0.706. The molecule has 4 aromatic rings. The van der Waals surface area contributed by atoms with Crippen LogP contribution in [0.5, 0.6) is 0 Å². The smallest absolute Gasteiger partial charge is 0.195 e. The second-order valence-corrected chi connectivity index (χ2v) is 7.14. The molecule has 2 heterocycles. The van der Waals surface area contributed by atoms with Crippen LogP contribution in [0.2, 0.25) is 5.02 Å². The molecule has 0 aliphatic rings. The minimum atomic E-state index is 0.706. The van der Waals surface area contributed by atoms with Crippen molar-refractivity contribution in [2.24, 2.45) is 0 Å². The van der Waals surface area contributed by atoms with Crippen LogP contribution in [-0.4, -0.2) is 24.5 Å². The Balaban J connectivity index is 1.50. The predicted octanol–water partition coefficient (Wildman–Crippen LogP) is 4.71. The van der Waals surface area contributed by atoms with Gasteiger partial charge in [0.1, 0.15) is 6.33 Å². The Labute approximate surface area is 160 Å². The lowest BCUT2D eigenvalue weighted by molar-refractivity contribution is 0.855. The van der Waals surface area contributed by atoms with Gasteiger partial charge in [-0.05, 0) is 42.8 Å². The van der Waals surface area contributed by atoms with E-state index in [9.17, 15) is 0 Å². The zero-order chi connectivity index (χ0) is 17.9. The average Bonchev–Trinajstić information content (AvgIpc) is 3.32. The molecule has 130 valence electrons. The Kier molecular flexibility index (Phi) is 4.77. The minimum Gasteiger partial charge on any atom is -0.277 e. The van der Waals surface area contributed by atoms with Gasteiger partial charge in [0.25, 0.3) is 0 Å². The van der Waals surface area contributed by atoms with Crippen LogP contribution in [0.1, 0.15) is 11.3 Å². The van der Waals surface area contributed by atoms with Crippen molar-refractivity contribution in [1.29, 1.82) is 0 Å². The van der Waals surface area contributed by atoms with E-state index in [1.54, 1.807) is 18.1 Å². The number of halogens is 1. The first kappa shape index (κ1) is 16.9. The largest absolute Gasteiger partial charge is 0.277 e. The van der Waals surface area contributed by atoms with E-state index in [2.05, 4.69) is 15.3 Å². The van der Waals surface area contributed by atoms with Gasteiger partial charge in [-0.15, -0.1) is 10.2 Å². The molecule has 0 unspecified atom stereocenters. The van der Waals surface area contributed by atoms with Crippen LogP contribution < -0.4 is 0 Å². The monoisotopic (exact) mass is 381 g/mol. The van der Waals surface area contributed by atoms with E-state index < -0.39 is 0 Å². The fraction of sp³-hybridized carbons (Fsp3) is 0.105. The third-order valence-electron chi connectivity index (χ3n) is 3.96. The second kappa shape index (κ2) is 7.35. The summed E-state index contributed by atoms with van der Waals surface area (Å²) < 4.78 is 3.81. The Morgan fingerprint density at radius 1 is 1.04 bits per heavy atom. The number of thioether (sulfide) groups is 1. The second-order valence-electron chi connectivity index (χ2n) is 5.79. The van der Waals surface area contributed by atoms with E-state index in [0.717, 1.165) is 32.8 Å². The fourth-order valence-electron chi connectivity index (χ4n) is 2.53. The lowest BCUT2D eigenvalue weighted by Gasteiger charge is -2.07. The van der Waals surface area contributed by atoms with Gasteiger partial charge in [0.05, 0.1) is 17.1 Å². The number of aromatic nitrogens is 5. The maximum Gasteiger partial charge on any atom is 0.195 e. The third kappa shape index (κ3) is 3.52. The molecule has 0 aliphatic heterocycles. The van der Waals surface area contributed by atoms with Gasteiger partial charge < -0.3 is 0 Å². The van der Waals surface area contributed by atoms with E-state index in [1.165, 1.54) is 0 Å². The van der Waals surface area contributed by atoms with Crippen molar-refractivity contribution in [3.8, 4) is 11.4 Å². The van der Waals surface area contributed by atoms with Crippen molar-refractivity contribution in [2.75, 3.05) is 0 Å². The Bertz CT molecular complexity index is 1030. The molecule has 0 spiro atoms. The Morgan fingerprint density at radius 3 is 2.69 bits per heavy atom. The van der Waals surface area contributed by atoms with Crippen molar-refractivity contribution in [3.63, 3.8) is 0 Å². The summed E-state index contributed by atoms with van der Waals surface area (Å²) in [7, 11) is 0. The number of nitrogens with zero attached hydrogens (tertiary/aromatic N) is 5. The Hall–Kier alpha value is -2.57. The zero-order valence-corrected chi connectivity index (χ0v) is 15.7. The molecule has 0 radical (unpaired) electrons. The van der Waals surface area contributed by atoms with Crippen molar-refractivity contribution in [2.45, 2.75) is 17.8 Å². The first-order valence-electron chi connectivity index (χ1n) is 8.10. The highest BCUT2D eigenvalue weighted by Crippen LogP contribution is 2.25. The molecule has 0 fully saturated rings. The zero-order valence-electron chi connectivity index (χ0n) is 14.1. The summed E-state index contributed by atoms with van der Waals surface area (Å²) in [5.41, 5.74) is 4.02. The molecule has 5 nitrogen and oxygen atoms in total. The van der Waals surface area contributed by atoms with Crippen molar-refractivity contribution in [1.82, 2.24) is 24.5 Å². The van der Waals surface area contributed by atoms with Gasteiger partial charge in [-0.25, -0.2) is 4.68 Å². The van der Waals surface area contributed by atoms with Gasteiger partial charge in [-0.3, -0.25) is 4.57 Å². The van der Waals surface area contributed by atoms with Crippen molar-refractivity contribution >= 4 is 23.4 Å². The topological polar surface area (TPSA) is 48.5 Å². The van der Waals surface area contributed by atoms with E-state index in [1.807, 2.05) is 77.0 Å². The normalized spacial score (nSPS) is 11.0. The van der Waals surface area contributed by atoms with Crippen LogP contribution in [0.15, 0.2) is 72.3 Å². The lowest BCUT2D eigenvalue weighted by Crippen LogP contribution is -1.97. The molecular weight excluding hydrogens is 366 g/mol. The highest BCUT2D eigenvalue weighted by Gasteiger charge is 2.10. The summed E-state index contributed by atoms with van der Waals surface area (Å²) in [6.07, 6.45) is 3.67. The first-order chi connectivity index (χ1) is 12.7. The molecule has 0 saturated heterocycles. The summed E-state index contributed by atoms with van der Waals surface area (Å²) in [5, 5.41) is 14.4. The maximum absolute atomic E-state index is 6.24. The molecule has 7 heteroatoms. The van der Waals surface area contributed by atoms with Crippen LogP contribution in [0.25, 0.3) is 11.4 Å². The van der Waals surface area contributed by atoms with Gasteiger partial charge in [-0.1, -0.05) is 47.6 Å². The van der Waals surface area contributed by atoms with Gasteiger partial charge in [0.2, 0.25) is 0 Å². The highest BCUT2D eigenvalue weighted by atomic mass is 35.5. The Morgan fingerprint density at radius 2 is 1.88 bits per heavy atom. The summed E-state index contributed by atoms with van der Waals surface area (Å²) in [4.78, 5) is 0. The molecule has 0 N–H and O–H groups in total. The molecule has 0 saturated carbocycles. The van der Waals surface area contributed by atoms with E-state index >= 15 is 0 Å². The van der Waals surface area contributed by atoms with Crippen LogP contribution in [-0.2, 0) is 5.75 Å². The molecule has 0 bridgehead atoms. The molecular formula is C19H16ClN5S. The highest BCUT2D eigenvalue weighted by molar-refractivity contribution is 7.98. The maximum atomic E-state index is 6.24. The summed E-state index contributed by atoms with van der Waals surface area (Å²) in [6.45, 7) is 1.98.